The number of halogens is 1. The third kappa shape index (κ3) is 3.23. The molecule has 0 saturated carbocycles. The number of aryl methyl sites for hydroxylation is 1. The van der Waals surface area contributed by atoms with Crippen LogP contribution < -0.4 is 11.1 Å². The fraction of sp³-hybridized carbons (Fsp3) is 0.143. The molecule has 1 amide bonds. The van der Waals surface area contributed by atoms with Crippen molar-refractivity contribution in [3.63, 3.8) is 0 Å². The first kappa shape index (κ1) is 13.4. The number of nitrogens with one attached hydrogen (secondary N) is 1. The summed E-state index contributed by atoms with van der Waals surface area (Å²) < 4.78 is 0. The van der Waals surface area contributed by atoms with Gasteiger partial charge in [-0.05, 0) is 36.2 Å². The van der Waals surface area contributed by atoms with Gasteiger partial charge in [0.15, 0.2) is 5.15 Å². The van der Waals surface area contributed by atoms with E-state index in [2.05, 4.69) is 10.3 Å². The van der Waals surface area contributed by atoms with Crippen molar-refractivity contribution in [1.82, 2.24) is 4.98 Å². The highest BCUT2D eigenvalue weighted by molar-refractivity contribution is 6.32. The average Bonchev–Trinajstić information content (AvgIpc) is 2.38. The molecular formula is C14H14ClN3O. The van der Waals surface area contributed by atoms with Gasteiger partial charge in [0.2, 0.25) is 5.91 Å². The Kier molecular flexibility index (Phi) is 4.02. The van der Waals surface area contributed by atoms with Crippen LogP contribution in [0.1, 0.15) is 21.5 Å². The van der Waals surface area contributed by atoms with Crippen LogP contribution >= 0.6 is 11.6 Å². The van der Waals surface area contributed by atoms with E-state index in [0.29, 0.717) is 17.3 Å². The number of carbonyl (C=O) groups excluding carboxylic acids is 1. The lowest BCUT2D eigenvalue weighted by Crippen LogP contribution is -2.11. The first-order chi connectivity index (χ1) is 9.08. The zero-order chi connectivity index (χ0) is 13.8. The summed E-state index contributed by atoms with van der Waals surface area (Å²) >= 11 is 6.03. The number of amides is 1. The Labute approximate surface area is 116 Å². The molecule has 0 aliphatic carbocycles. The number of carbonyl (C=O) groups is 1. The van der Waals surface area contributed by atoms with Crippen molar-refractivity contribution < 1.29 is 4.79 Å². The van der Waals surface area contributed by atoms with E-state index < -0.39 is 5.91 Å². The number of hydrogen-bond donors (Lipinski definition) is 2. The maximum absolute atomic E-state index is 11.1. The Morgan fingerprint density at radius 3 is 2.89 bits per heavy atom. The van der Waals surface area contributed by atoms with Crippen molar-refractivity contribution in [2.24, 2.45) is 5.73 Å². The number of benzene rings is 1. The van der Waals surface area contributed by atoms with Crippen molar-refractivity contribution in [2.45, 2.75) is 13.5 Å². The highest BCUT2D eigenvalue weighted by Crippen LogP contribution is 2.23. The van der Waals surface area contributed by atoms with E-state index in [9.17, 15) is 4.79 Å². The molecule has 98 valence electrons. The van der Waals surface area contributed by atoms with Gasteiger partial charge in [-0.2, -0.15) is 0 Å². The van der Waals surface area contributed by atoms with E-state index >= 15 is 0 Å². The molecule has 0 aliphatic heterocycles. The van der Waals surface area contributed by atoms with Crippen molar-refractivity contribution in [1.29, 1.82) is 0 Å². The van der Waals surface area contributed by atoms with E-state index in [1.807, 2.05) is 19.1 Å². The van der Waals surface area contributed by atoms with Gasteiger partial charge in [0.1, 0.15) is 0 Å². The average molecular weight is 276 g/mol. The minimum absolute atomic E-state index is 0.433. The van der Waals surface area contributed by atoms with Crippen molar-refractivity contribution in [3.05, 3.63) is 58.4 Å². The van der Waals surface area contributed by atoms with Gasteiger partial charge in [0.25, 0.3) is 0 Å². The Morgan fingerprint density at radius 1 is 1.42 bits per heavy atom. The summed E-state index contributed by atoms with van der Waals surface area (Å²) in [6.45, 7) is 2.50. The third-order valence-corrected chi connectivity index (χ3v) is 3.08. The molecule has 4 nitrogen and oxygen atoms in total. The molecule has 3 N–H and O–H groups in total. The summed E-state index contributed by atoms with van der Waals surface area (Å²) in [5.41, 5.74) is 8.51. The summed E-state index contributed by atoms with van der Waals surface area (Å²) in [5.74, 6) is -0.433. The smallest absolute Gasteiger partial charge is 0.248 e. The van der Waals surface area contributed by atoms with E-state index in [4.69, 9.17) is 17.3 Å². The number of rotatable bonds is 4. The molecular weight excluding hydrogens is 262 g/mol. The van der Waals surface area contributed by atoms with Gasteiger partial charge >= 0.3 is 0 Å². The van der Waals surface area contributed by atoms with Gasteiger partial charge in [-0.25, -0.2) is 4.98 Å². The molecule has 2 aromatic rings. The summed E-state index contributed by atoms with van der Waals surface area (Å²) in [7, 11) is 0. The predicted octanol–water partition coefficient (Wildman–Crippen LogP) is 2.75. The zero-order valence-corrected chi connectivity index (χ0v) is 11.2. The highest BCUT2D eigenvalue weighted by atomic mass is 35.5. The molecule has 1 heterocycles. The number of anilines is 1. The number of nitrogens with zero attached hydrogens (tertiary/aromatic N) is 1. The normalized spacial score (nSPS) is 10.2. The first-order valence-electron chi connectivity index (χ1n) is 5.81. The highest BCUT2D eigenvalue weighted by Gasteiger charge is 2.05. The van der Waals surface area contributed by atoms with E-state index in [0.717, 1.165) is 16.8 Å². The maximum atomic E-state index is 11.1. The molecule has 0 radical (unpaired) electrons. The predicted molar refractivity (Wildman–Crippen MR) is 76.3 cm³/mol. The van der Waals surface area contributed by atoms with Gasteiger partial charge in [-0.1, -0.05) is 23.7 Å². The summed E-state index contributed by atoms with van der Waals surface area (Å²) in [6.07, 6.45) is 1.66. The molecule has 2 rings (SSSR count). The second-order valence-corrected chi connectivity index (χ2v) is 4.57. The number of hydrogen-bond acceptors (Lipinski definition) is 3. The van der Waals surface area contributed by atoms with Crippen LogP contribution in [0.2, 0.25) is 5.15 Å². The fourth-order valence-electron chi connectivity index (χ4n) is 1.76. The van der Waals surface area contributed by atoms with Crippen LogP contribution in [0.25, 0.3) is 0 Å². The Morgan fingerprint density at radius 2 is 2.21 bits per heavy atom. The molecule has 0 aliphatic rings. The molecule has 0 bridgehead atoms. The molecule has 1 aromatic heterocycles. The molecule has 0 unspecified atom stereocenters. The maximum Gasteiger partial charge on any atom is 0.248 e. The van der Waals surface area contributed by atoms with Crippen molar-refractivity contribution in [3.8, 4) is 0 Å². The SMILES string of the molecule is Cc1ccnc(Cl)c1NCc1cccc(C(N)=O)c1. The summed E-state index contributed by atoms with van der Waals surface area (Å²) in [6, 6.07) is 9.05. The largest absolute Gasteiger partial charge is 0.378 e. The second-order valence-electron chi connectivity index (χ2n) is 4.21. The van der Waals surface area contributed by atoms with Crippen LogP contribution in [-0.2, 0) is 6.54 Å². The number of pyridine rings is 1. The lowest BCUT2D eigenvalue weighted by atomic mass is 10.1. The van der Waals surface area contributed by atoms with E-state index in [1.165, 1.54) is 0 Å². The van der Waals surface area contributed by atoms with Gasteiger partial charge in [0, 0.05) is 18.3 Å². The molecule has 0 spiro atoms. The summed E-state index contributed by atoms with van der Waals surface area (Å²) in [5, 5.41) is 3.65. The Hall–Kier alpha value is -2.07. The molecule has 0 fully saturated rings. The van der Waals surface area contributed by atoms with Gasteiger partial charge in [-0.15, -0.1) is 0 Å². The number of nitrogens with two attached hydrogens (primary N) is 1. The van der Waals surface area contributed by atoms with Crippen LogP contribution in [0.4, 0.5) is 5.69 Å². The van der Waals surface area contributed by atoms with Gasteiger partial charge in [-0.3, -0.25) is 4.79 Å². The molecule has 0 saturated heterocycles. The number of primary amides is 1. The quantitative estimate of drug-likeness (QED) is 0.843. The molecule has 1 aromatic carbocycles. The van der Waals surface area contributed by atoms with E-state index in [-0.39, 0.29) is 0 Å². The van der Waals surface area contributed by atoms with Crippen LogP contribution in [0, 0.1) is 6.92 Å². The van der Waals surface area contributed by atoms with Crippen LogP contribution in [-0.4, -0.2) is 10.9 Å². The summed E-state index contributed by atoms with van der Waals surface area (Å²) in [4.78, 5) is 15.1. The van der Waals surface area contributed by atoms with Crippen LogP contribution in [0.5, 0.6) is 0 Å². The fourth-order valence-corrected chi connectivity index (χ4v) is 2.03. The molecule has 0 atom stereocenters. The zero-order valence-electron chi connectivity index (χ0n) is 10.5. The molecule has 5 heteroatoms. The van der Waals surface area contributed by atoms with E-state index in [1.54, 1.807) is 24.4 Å². The second kappa shape index (κ2) is 5.71. The minimum atomic E-state index is -0.433. The topological polar surface area (TPSA) is 68.0 Å². The minimum Gasteiger partial charge on any atom is -0.378 e. The monoisotopic (exact) mass is 275 g/mol. The molecule has 19 heavy (non-hydrogen) atoms. The first-order valence-corrected chi connectivity index (χ1v) is 6.19. The number of aromatic nitrogens is 1. The Bertz CT molecular complexity index is 593. The van der Waals surface area contributed by atoms with Crippen LogP contribution in [0.15, 0.2) is 36.5 Å². The van der Waals surface area contributed by atoms with Crippen molar-refractivity contribution in [2.75, 3.05) is 5.32 Å². The lowest BCUT2D eigenvalue weighted by molar-refractivity contribution is 0.1000. The van der Waals surface area contributed by atoms with Gasteiger partial charge < -0.3 is 11.1 Å². The van der Waals surface area contributed by atoms with Crippen molar-refractivity contribution >= 4 is 23.2 Å². The Balaban J connectivity index is 2.15. The standard InChI is InChI=1S/C14H14ClN3O/c1-9-5-6-17-13(15)12(9)18-8-10-3-2-4-11(7-10)14(16)19/h2-7,18H,8H2,1H3,(H2,16,19). The third-order valence-electron chi connectivity index (χ3n) is 2.79. The lowest BCUT2D eigenvalue weighted by Gasteiger charge is -2.11. The van der Waals surface area contributed by atoms with Gasteiger partial charge in [0.05, 0.1) is 5.69 Å². The van der Waals surface area contributed by atoms with Crippen LogP contribution in [0.3, 0.4) is 0 Å².